The molecule has 1 heterocycles. The molecule has 0 N–H and O–H groups in total. The molecule has 2 aromatic carbocycles. The number of nitrogens with zero attached hydrogens (tertiary/aromatic N) is 3. The summed E-state index contributed by atoms with van der Waals surface area (Å²) in [5.74, 6) is 0. The summed E-state index contributed by atoms with van der Waals surface area (Å²) in [6.07, 6.45) is 2.90. The van der Waals surface area contributed by atoms with Crippen LogP contribution in [0.15, 0.2) is 66.9 Å². The maximum Gasteiger partial charge on any atom is 0.0724 e. The molecule has 0 saturated heterocycles. The fraction of sp³-hybridized carbons (Fsp3) is 0.318. The fourth-order valence-corrected chi connectivity index (χ4v) is 3.01. The van der Waals surface area contributed by atoms with Gasteiger partial charge in [0, 0.05) is 31.9 Å². The zero-order chi connectivity index (χ0) is 18.2. The minimum atomic E-state index is 0.619. The normalized spacial score (nSPS) is 11.2. The molecular weight excluding hydrogens is 322 g/mol. The topological polar surface area (TPSA) is 30.3 Å². The van der Waals surface area contributed by atoms with Crippen LogP contribution in [0.2, 0.25) is 0 Å². The van der Waals surface area contributed by atoms with Gasteiger partial charge in [0.1, 0.15) is 0 Å². The van der Waals surface area contributed by atoms with E-state index in [1.54, 1.807) is 0 Å². The van der Waals surface area contributed by atoms with Crippen molar-refractivity contribution in [1.82, 2.24) is 14.7 Å². The van der Waals surface area contributed by atoms with Crippen molar-refractivity contribution < 1.29 is 4.74 Å². The molecule has 0 atom stereocenters. The van der Waals surface area contributed by atoms with Gasteiger partial charge >= 0.3 is 0 Å². The molecule has 0 aliphatic heterocycles. The second-order valence-electron chi connectivity index (χ2n) is 6.59. The van der Waals surface area contributed by atoms with Crippen LogP contribution in [0, 0.1) is 0 Å². The van der Waals surface area contributed by atoms with Crippen LogP contribution < -0.4 is 0 Å². The number of benzene rings is 2. The van der Waals surface area contributed by atoms with Crippen molar-refractivity contribution in [2.24, 2.45) is 7.05 Å². The molecule has 0 fully saturated rings. The average Bonchev–Trinajstić information content (AvgIpc) is 3.10. The van der Waals surface area contributed by atoms with Crippen LogP contribution in [-0.4, -0.2) is 41.4 Å². The first-order valence-electron chi connectivity index (χ1n) is 9.10. The Bertz CT molecular complexity index is 798. The van der Waals surface area contributed by atoms with Crippen molar-refractivity contribution >= 4 is 0 Å². The second kappa shape index (κ2) is 9.32. The molecule has 4 heteroatoms. The summed E-state index contributed by atoms with van der Waals surface area (Å²) in [4.78, 5) is 2.32. The molecular formula is C22H27N3O. The van der Waals surface area contributed by atoms with Crippen LogP contribution in [-0.2, 0) is 24.8 Å². The van der Waals surface area contributed by atoms with E-state index >= 15 is 0 Å². The fourth-order valence-electron chi connectivity index (χ4n) is 3.01. The van der Waals surface area contributed by atoms with Crippen LogP contribution in [0.25, 0.3) is 11.3 Å². The summed E-state index contributed by atoms with van der Waals surface area (Å²) >= 11 is 0. The van der Waals surface area contributed by atoms with E-state index in [0.29, 0.717) is 6.61 Å². The number of hydrogen-bond donors (Lipinski definition) is 0. The summed E-state index contributed by atoms with van der Waals surface area (Å²) < 4.78 is 7.85. The quantitative estimate of drug-likeness (QED) is 0.551. The standard InChI is InChI=1S/C22H27N3O/c1-24(15-13-19-8-4-3-5-9-19)16-17-26-18-20-10-6-7-11-21(20)22-12-14-23-25(22)2/h3-12,14H,13,15-18H2,1-2H3. The summed E-state index contributed by atoms with van der Waals surface area (Å²) in [7, 11) is 4.12. The van der Waals surface area contributed by atoms with Crippen LogP contribution in [0.3, 0.4) is 0 Å². The van der Waals surface area contributed by atoms with Crippen LogP contribution >= 0.6 is 0 Å². The maximum absolute atomic E-state index is 5.95. The molecule has 136 valence electrons. The predicted octanol–water partition coefficient (Wildman–Crippen LogP) is 3.78. The summed E-state index contributed by atoms with van der Waals surface area (Å²) in [5, 5.41) is 4.27. The van der Waals surface area contributed by atoms with Crippen LogP contribution in [0.4, 0.5) is 0 Å². The van der Waals surface area contributed by atoms with E-state index in [0.717, 1.165) is 31.8 Å². The van der Waals surface area contributed by atoms with Gasteiger partial charge in [-0.2, -0.15) is 5.10 Å². The lowest BCUT2D eigenvalue weighted by atomic mass is 10.1. The summed E-state index contributed by atoms with van der Waals surface area (Å²) in [6, 6.07) is 21.0. The lowest BCUT2D eigenvalue weighted by Gasteiger charge is -2.17. The van der Waals surface area contributed by atoms with Gasteiger partial charge in [0.2, 0.25) is 0 Å². The highest BCUT2D eigenvalue weighted by atomic mass is 16.5. The number of aryl methyl sites for hydroxylation is 1. The molecule has 3 aromatic rings. The van der Waals surface area contributed by atoms with Crippen LogP contribution in [0.5, 0.6) is 0 Å². The Morgan fingerprint density at radius 1 is 0.962 bits per heavy atom. The van der Waals surface area contributed by atoms with Gasteiger partial charge in [0.15, 0.2) is 0 Å². The minimum Gasteiger partial charge on any atom is -0.375 e. The van der Waals surface area contributed by atoms with Gasteiger partial charge in [-0.1, -0.05) is 54.6 Å². The second-order valence-corrected chi connectivity index (χ2v) is 6.59. The maximum atomic E-state index is 5.95. The highest BCUT2D eigenvalue weighted by Crippen LogP contribution is 2.23. The average molecular weight is 349 g/mol. The third-order valence-corrected chi connectivity index (χ3v) is 4.61. The zero-order valence-electron chi connectivity index (χ0n) is 15.6. The van der Waals surface area contributed by atoms with Crippen molar-refractivity contribution in [3.63, 3.8) is 0 Å². The summed E-state index contributed by atoms with van der Waals surface area (Å²) in [6.45, 7) is 3.32. The minimum absolute atomic E-state index is 0.619. The zero-order valence-corrected chi connectivity index (χ0v) is 15.6. The van der Waals surface area contributed by atoms with Crippen molar-refractivity contribution in [3.8, 4) is 11.3 Å². The van der Waals surface area contributed by atoms with Gasteiger partial charge in [0.05, 0.1) is 18.9 Å². The van der Waals surface area contributed by atoms with Gasteiger partial charge in [0.25, 0.3) is 0 Å². The Labute approximate surface area is 156 Å². The van der Waals surface area contributed by atoms with E-state index in [1.807, 2.05) is 24.0 Å². The molecule has 26 heavy (non-hydrogen) atoms. The molecule has 0 radical (unpaired) electrons. The largest absolute Gasteiger partial charge is 0.375 e. The number of rotatable bonds is 9. The van der Waals surface area contributed by atoms with Gasteiger partial charge in [-0.3, -0.25) is 4.68 Å². The molecule has 0 aliphatic rings. The third-order valence-electron chi connectivity index (χ3n) is 4.61. The molecule has 3 rings (SSSR count). The Balaban J connectivity index is 1.45. The first-order chi connectivity index (χ1) is 12.7. The van der Waals surface area contributed by atoms with E-state index in [4.69, 9.17) is 4.74 Å². The highest BCUT2D eigenvalue weighted by Gasteiger charge is 2.08. The van der Waals surface area contributed by atoms with Crippen molar-refractivity contribution in [1.29, 1.82) is 0 Å². The van der Waals surface area contributed by atoms with E-state index in [9.17, 15) is 0 Å². The third kappa shape index (κ3) is 5.04. The smallest absolute Gasteiger partial charge is 0.0724 e. The van der Waals surface area contributed by atoms with Gasteiger partial charge < -0.3 is 9.64 Å². The SMILES string of the molecule is CN(CCOCc1ccccc1-c1ccnn1C)CCc1ccccc1. The number of ether oxygens (including phenoxy) is 1. The van der Waals surface area contributed by atoms with Crippen molar-refractivity contribution in [2.75, 3.05) is 26.7 Å². The first kappa shape index (κ1) is 18.4. The Kier molecular flexibility index (Phi) is 6.58. The molecule has 4 nitrogen and oxygen atoms in total. The van der Waals surface area contributed by atoms with Gasteiger partial charge in [-0.15, -0.1) is 0 Å². The van der Waals surface area contributed by atoms with Gasteiger partial charge in [-0.05, 0) is 30.7 Å². The van der Waals surface area contributed by atoms with E-state index in [2.05, 4.69) is 71.6 Å². The highest BCUT2D eigenvalue weighted by molar-refractivity contribution is 5.63. The molecule has 0 spiro atoms. The first-order valence-corrected chi connectivity index (χ1v) is 9.10. The monoisotopic (exact) mass is 349 g/mol. The van der Waals surface area contributed by atoms with Crippen LogP contribution in [0.1, 0.15) is 11.1 Å². The lowest BCUT2D eigenvalue weighted by molar-refractivity contribution is 0.100. The Hall–Kier alpha value is -2.43. The number of aromatic nitrogens is 2. The van der Waals surface area contributed by atoms with Gasteiger partial charge in [-0.25, -0.2) is 0 Å². The number of hydrogen-bond acceptors (Lipinski definition) is 3. The van der Waals surface area contributed by atoms with E-state index in [-0.39, 0.29) is 0 Å². The van der Waals surface area contributed by atoms with Crippen molar-refractivity contribution in [2.45, 2.75) is 13.0 Å². The summed E-state index contributed by atoms with van der Waals surface area (Å²) in [5.41, 5.74) is 4.88. The molecule has 0 amide bonds. The number of likely N-dealkylation sites (N-methyl/N-ethyl adjacent to an activating group) is 1. The van der Waals surface area contributed by atoms with E-state index < -0.39 is 0 Å². The molecule has 1 aromatic heterocycles. The molecule has 0 bridgehead atoms. The van der Waals surface area contributed by atoms with E-state index in [1.165, 1.54) is 16.7 Å². The molecule has 0 aliphatic carbocycles. The molecule has 0 saturated carbocycles. The molecule has 0 unspecified atom stereocenters. The van der Waals surface area contributed by atoms with Crippen molar-refractivity contribution in [3.05, 3.63) is 78.0 Å². The predicted molar refractivity (Wildman–Crippen MR) is 106 cm³/mol. The lowest BCUT2D eigenvalue weighted by Crippen LogP contribution is -2.25. The Morgan fingerprint density at radius 2 is 1.73 bits per heavy atom. The Morgan fingerprint density at radius 3 is 2.50 bits per heavy atom.